The molecule has 0 bridgehead atoms. The van der Waals surface area contributed by atoms with Crippen molar-refractivity contribution < 1.29 is 9.84 Å². The summed E-state index contributed by atoms with van der Waals surface area (Å²) < 4.78 is 5.65. The van der Waals surface area contributed by atoms with Gasteiger partial charge in [0.15, 0.2) is 0 Å². The Morgan fingerprint density at radius 1 is 1.06 bits per heavy atom. The molecule has 0 saturated heterocycles. The number of aliphatic hydroxyl groups excluding tert-OH is 1. The fourth-order valence-electron chi connectivity index (χ4n) is 2.59. The Hall–Kier alpha value is -0.0800. The maximum absolute atomic E-state index is 8.78. The average molecular weight is 256 g/mol. The van der Waals surface area contributed by atoms with Gasteiger partial charge in [-0.2, -0.15) is 0 Å². The van der Waals surface area contributed by atoms with Crippen molar-refractivity contribution >= 4 is 0 Å². The monoisotopic (exact) mass is 256 g/mol. The first-order chi connectivity index (χ1) is 8.86. The zero-order valence-corrected chi connectivity index (χ0v) is 12.2. The molecule has 0 aromatic rings. The lowest BCUT2D eigenvalue weighted by atomic mass is 10.0. The molecular weight excluding hydrogens is 224 g/mol. The molecule has 0 aromatic carbocycles. The third-order valence-corrected chi connectivity index (χ3v) is 3.89. The van der Waals surface area contributed by atoms with Crippen LogP contribution in [0.25, 0.3) is 0 Å². The molecule has 0 aliphatic heterocycles. The van der Waals surface area contributed by atoms with Crippen LogP contribution >= 0.6 is 0 Å². The van der Waals surface area contributed by atoms with Crippen LogP contribution < -0.4 is 0 Å². The molecule has 2 nitrogen and oxygen atoms in total. The number of aliphatic hydroxyl groups is 1. The minimum Gasteiger partial charge on any atom is -0.394 e. The van der Waals surface area contributed by atoms with Gasteiger partial charge in [-0.3, -0.25) is 0 Å². The molecule has 1 atom stereocenters. The van der Waals surface area contributed by atoms with E-state index >= 15 is 0 Å². The zero-order valence-electron chi connectivity index (χ0n) is 12.2. The van der Waals surface area contributed by atoms with Crippen molar-refractivity contribution in [1.29, 1.82) is 0 Å². The normalized spacial score (nSPS) is 17.0. The Morgan fingerprint density at radius 3 is 2.44 bits per heavy atom. The number of ether oxygens (including phenoxy) is 1. The molecule has 0 radical (unpaired) electrons. The van der Waals surface area contributed by atoms with Crippen LogP contribution in [0.4, 0.5) is 0 Å². The molecule has 0 heterocycles. The first-order valence-corrected chi connectivity index (χ1v) is 8.09. The number of hydrogen-bond donors (Lipinski definition) is 1. The average Bonchev–Trinajstić information content (AvgIpc) is 3.18. The molecule has 1 aliphatic carbocycles. The van der Waals surface area contributed by atoms with Crippen molar-refractivity contribution in [3.8, 4) is 0 Å². The van der Waals surface area contributed by atoms with Gasteiger partial charge in [-0.15, -0.1) is 0 Å². The van der Waals surface area contributed by atoms with E-state index in [0.717, 1.165) is 12.3 Å². The van der Waals surface area contributed by atoms with E-state index in [4.69, 9.17) is 9.84 Å². The van der Waals surface area contributed by atoms with Crippen molar-refractivity contribution in [1.82, 2.24) is 0 Å². The summed E-state index contributed by atoms with van der Waals surface area (Å²) in [6.45, 7) is 2.86. The lowest BCUT2D eigenvalue weighted by Crippen LogP contribution is -2.15. The maximum atomic E-state index is 8.78. The summed E-state index contributed by atoms with van der Waals surface area (Å²) in [5.41, 5.74) is 0. The molecule has 108 valence electrons. The highest BCUT2D eigenvalue weighted by atomic mass is 16.5. The minimum absolute atomic E-state index is 0.154. The van der Waals surface area contributed by atoms with Gasteiger partial charge >= 0.3 is 0 Å². The van der Waals surface area contributed by atoms with E-state index in [1.54, 1.807) is 0 Å². The first kappa shape index (κ1) is 16.0. The molecule has 1 saturated carbocycles. The largest absolute Gasteiger partial charge is 0.394 e. The van der Waals surface area contributed by atoms with E-state index < -0.39 is 0 Å². The summed E-state index contributed by atoms with van der Waals surface area (Å²) >= 11 is 0. The molecule has 2 heteroatoms. The summed E-state index contributed by atoms with van der Waals surface area (Å²) in [6, 6.07) is 0. The Kier molecular flexibility index (Phi) is 9.59. The van der Waals surface area contributed by atoms with Crippen LogP contribution in [0, 0.1) is 5.92 Å². The van der Waals surface area contributed by atoms with Crippen LogP contribution in [0.1, 0.15) is 77.6 Å². The van der Waals surface area contributed by atoms with Crippen LogP contribution in [0.2, 0.25) is 0 Å². The van der Waals surface area contributed by atoms with E-state index in [1.165, 1.54) is 64.2 Å². The highest BCUT2D eigenvalue weighted by Crippen LogP contribution is 2.34. The van der Waals surface area contributed by atoms with E-state index in [-0.39, 0.29) is 6.61 Å². The quantitative estimate of drug-likeness (QED) is 0.498. The zero-order chi connectivity index (χ0) is 13.1. The van der Waals surface area contributed by atoms with Gasteiger partial charge in [0, 0.05) is 0 Å². The SMILES string of the molecule is CCCC(CCCCCCCC1CC1)OCCO. The Labute approximate surface area is 113 Å². The van der Waals surface area contributed by atoms with Gasteiger partial charge < -0.3 is 9.84 Å². The van der Waals surface area contributed by atoms with E-state index in [0.29, 0.717) is 12.7 Å². The second-order valence-corrected chi connectivity index (χ2v) is 5.79. The van der Waals surface area contributed by atoms with Crippen LogP contribution in [-0.2, 0) is 4.74 Å². The summed E-state index contributed by atoms with van der Waals surface area (Å²) in [4.78, 5) is 0. The molecule has 1 aliphatic rings. The third kappa shape index (κ3) is 8.93. The molecule has 1 fully saturated rings. The van der Waals surface area contributed by atoms with Gasteiger partial charge in [-0.25, -0.2) is 0 Å². The summed E-state index contributed by atoms with van der Waals surface area (Å²) in [7, 11) is 0. The molecule has 0 spiro atoms. The topological polar surface area (TPSA) is 29.5 Å². The van der Waals surface area contributed by atoms with Crippen LogP contribution in [0.5, 0.6) is 0 Å². The molecule has 1 rings (SSSR count). The smallest absolute Gasteiger partial charge is 0.0701 e. The Morgan fingerprint density at radius 2 is 1.78 bits per heavy atom. The lowest BCUT2D eigenvalue weighted by Gasteiger charge is -2.16. The first-order valence-electron chi connectivity index (χ1n) is 8.09. The standard InChI is InChI=1S/C16H32O2/c1-2-8-16(18-14-13-17)10-7-5-3-4-6-9-15-11-12-15/h15-17H,2-14H2,1H3. The second kappa shape index (κ2) is 10.8. The molecule has 0 aromatic heterocycles. The van der Waals surface area contributed by atoms with E-state index in [1.807, 2.05) is 0 Å². The fraction of sp³-hybridized carbons (Fsp3) is 1.00. The highest BCUT2D eigenvalue weighted by molar-refractivity contribution is 4.72. The Bertz CT molecular complexity index is 178. The van der Waals surface area contributed by atoms with Gasteiger partial charge in [0.1, 0.15) is 0 Å². The maximum Gasteiger partial charge on any atom is 0.0701 e. The van der Waals surface area contributed by atoms with Crippen LogP contribution in [0.15, 0.2) is 0 Å². The molecule has 0 amide bonds. The van der Waals surface area contributed by atoms with Gasteiger partial charge in [0.2, 0.25) is 0 Å². The second-order valence-electron chi connectivity index (χ2n) is 5.79. The fourth-order valence-corrected chi connectivity index (χ4v) is 2.59. The predicted molar refractivity (Wildman–Crippen MR) is 76.8 cm³/mol. The van der Waals surface area contributed by atoms with Crippen molar-refractivity contribution in [3.63, 3.8) is 0 Å². The summed E-state index contributed by atoms with van der Waals surface area (Å²) in [6.07, 6.45) is 15.3. The van der Waals surface area contributed by atoms with Crippen molar-refractivity contribution in [3.05, 3.63) is 0 Å². The summed E-state index contributed by atoms with van der Waals surface area (Å²) in [5, 5.41) is 8.78. The van der Waals surface area contributed by atoms with E-state index in [2.05, 4.69) is 6.92 Å². The van der Waals surface area contributed by atoms with Crippen molar-refractivity contribution in [2.24, 2.45) is 5.92 Å². The highest BCUT2D eigenvalue weighted by Gasteiger charge is 2.19. The van der Waals surface area contributed by atoms with Crippen molar-refractivity contribution in [2.75, 3.05) is 13.2 Å². The third-order valence-electron chi connectivity index (χ3n) is 3.89. The lowest BCUT2D eigenvalue weighted by molar-refractivity contribution is 0.0177. The van der Waals surface area contributed by atoms with Crippen LogP contribution in [0.3, 0.4) is 0 Å². The summed E-state index contributed by atoms with van der Waals surface area (Å²) in [5.74, 6) is 1.10. The Balaban J connectivity index is 1.85. The molecule has 1 N–H and O–H groups in total. The molecular formula is C16H32O2. The van der Waals surface area contributed by atoms with E-state index in [9.17, 15) is 0 Å². The van der Waals surface area contributed by atoms with Crippen molar-refractivity contribution in [2.45, 2.75) is 83.7 Å². The van der Waals surface area contributed by atoms with Gasteiger partial charge in [0.05, 0.1) is 19.3 Å². The van der Waals surface area contributed by atoms with Gasteiger partial charge in [-0.1, -0.05) is 64.7 Å². The number of hydrogen-bond acceptors (Lipinski definition) is 2. The van der Waals surface area contributed by atoms with Gasteiger partial charge in [-0.05, 0) is 18.8 Å². The number of unbranched alkanes of at least 4 members (excludes halogenated alkanes) is 4. The molecule has 1 unspecified atom stereocenters. The number of rotatable bonds is 13. The predicted octanol–water partition coefficient (Wildman–Crippen LogP) is 4.30. The minimum atomic E-state index is 0.154. The van der Waals surface area contributed by atoms with Gasteiger partial charge in [0.25, 0.3) is 0 Å². The van der Waals surface area contributed by atoms with Crippen LogP contribution in [-0.4, -0.2) is 24.4 Å². The molecule has 18 heavy (non-hydrogen) atoms.